The van der Waals surface area contributed by atoms with Gasteiger partial charge in [-0.15, -0.1) is 5.10 Å². The van der Waals surface area contributed by atoms with Crippen molar-refractivity contribution in [1.82, 2.24) is 29.5 Å². The molecule has 5 rings (SSSR count). The van der Waals surface area contributed by atoms with E-state index in [1.165, 1.54) is 12.8 Å². The predicted octanol–water partition coefficient (Wildman–Crippen LogP) is 4.01. The van der Waals surface area contributed by atoms with Crippen molar-refractivity contribution in [2.75, 3.05) is 7.11 Å². The highest BCUT2D eigenvalue weighted by Gasteiger charge is 2.40. The van der Waals surface area contributed by atoms with Crippen LogP contribution in [-0.4, -0.2) is 41.7 Å². The van der Waals surface area contributed by atoms with Crippen LogP contribution >= 0.6 is 11.6 Å². The standard InChI is InChI=1S/C24H27ClN6O2/c1-14-26-12-19(30(14)2)24(32,20-13-27-29-31(20)3)16-9-10-18-17(11-16)22(25)21(23(28-18)33-4)15-7-5-6-8-15/h9-13,15,32H,5-8H2,1-4H3/t24-/m0/s1. The third-order valence-electron chi connectivity index (χ3n) is 6.97. The zero-order valence-corrected chi connectivity index (χ0v) is 20.0. The molecule has 0 aliphatic heterocycles. The highest BCUT2D eigenvalue weighted by Crippen LogP contribution is 2.45. The molecular weight excluding hydrogens is 440 g/mol. The van der Waals surface area contributed by atoms with E-state index >= 15 is 0 Å². The van der Waals surface area contributed by atoms with Gasteiger partial charge in [-0.2, -0.15) is 0 Å². The first-order chi connectivity index (χ1) is 15.9. The van der Waals surface area contributed by atoms with Gasteiger partial charge >= 0.3 is 0 Å². The Morgan fingerprint density at radius 3 is 2.52 bits per heavy atom. The van der Waals surface area contributed by atoms with Crippen LogP contribution in [0.2, 0.25) is 5.02 Å². The van der Waals surface area contributed by atoms with E-state index in [-0.39, 0.29) is 0 Å². The van der Waals surface area contributed by atoms with Gasteiger partial charge in [0, 0.05) is 25.0 Å². The van der Waals surface area contributed by atoms with Gasteiger partial charge < -0.3 is 14.4 Å². The molecule has 33 heavy (non-hydrogen) atoms. The number of nitrogens with zero attached hydrogens (tertiary/aromatic N) is 6. The number of benzene rings is 1. The smallest absolute Gasteiger partial charge is 0.218 e. The van der Waals surface area contributed by atoms with Crippen LogP contribution in [0.4, 0.5) is 0 Å². The SMILES string of the molecule is COc1nc2ccc([C@@](O)(c3cnnn3C)c3cnc(C)n3C)cc2c(Cl)c1C1CCCC1. The summed E-state index contributed by atoms with van der Waals surface area (Å²) in [5.41, 5.74) is 1.91. The van der Waals surface area contributed by atoms with Gasteiger partial charge in [0.15, 0.2) is 5.60 Å². The summed E-state index contributed by atoms with van der Waals surface area (Å²) >= 11 is 7.02. The minimum absolute atomic E-state index is 0.327. The minimum Gasteiger partial charge on any atom is -0.481 e. The van der Waals surface area contributed by atoms with Gasteiger partial charge in [-0.1, -0.05) is 35.7 Å². The van der Waals surface area contributed by atoms with Crippen molar-refractivity contribution in [3.05, 3.63) is 64.0 Å². The number of pyridine rings is 1. The molecule has 1 atom stereocenters. The van der Waals surface area contributed by atoms with Crippen molar-refractivity contribution in [2.45, 2.75) is 44.1 Å². The molecule has 0 radical (unpaired) electrons. The van der Waals surface area contributed by atoms with Gasteiger partial charge in [0.1, 0.15) is 11.5 Å². The molecule has 9 heteroatoms. The Hall–Kier alpha value is -2.97. The first-order valence-electron chi connectivity index (χ1n) is 11.1. The maximum Gasteiger partial charge on any atom is 0.218 e. The van der Waals surface area contributed by atoms with Crippen molar-refractivity contribution in [3.63, 3.8) is 0 Å². The molecule has 1 aliphatic rings. The number of imidazole rings is 1. The number of fused-ring (bicyclic) bond motifs is 1. The van der Waals surface area contributed by atoms with Gasteiger partial charge in [-0.25, -0.2) is 14.6 Å². The van der Waals surface area contributed by atoms with Crippen LogP contribution in [-0.2, 0) is 19.7 Å². The second-order valence-corrected chi connectivity index (χ2v) is 9.14. The predicted molar refractivity (Wildman–Crippen MR) is 126 cm³/mol. The first-order valence-corrected chi connectivity index (χ1v) is 11.5. The summed E-state index contributed by atoms with van der Waals surface area (Å²) in [4.78, 5) is 9.18. The van der Waals surface area contributed by atoms with E-state index < -0.39 is 5.60 Å². The molecule has 8 nitrogen and oxygen atoms in total. The van der Waals surface area contributed by atoms with Crippen LogP contribution in [0.1, 0.15) is 59.9 Å². The monoisotopic (exact) mass is 466 g/mol. The molecule has 0 bridgehead atoms. The largest absolute Gasteiger partial charge is 0.481 e. The third kappa shape index (κ3) is 3.31. The number of aliphatic hydroxyl groups is 1. The van der Waals surface area contributed by atoms with Gasteiger partial charge in [0.05, 0.1) is 35.7 Å². The number of aryl methyl sites for hydroxylation is 2. The molecule has 1 N–H and O–H groups in total. The minimum atomic E-state index is -1.54. The van der Waals surface area contributed by atoms with Crippen LogP contribution in [0, 0.1) is 6.92 Å². The van der Waals surface area contributed by atoms with E-state index in [9.17, 15) is 5.11 Å². The summed E-state index contributed by atoms with van der Waals surface area (Å²) in [6.07, 6.45) is 7.75. The normalized spacial score (nSPS) is 16.4. The van der Waals surface area contributed by atoms with Gasteiger partial charge in [0.25, 0.3) is 0 Å². The molecule has 0 amide bonds. The fraction of sp³-hybridized carbons (Fsp3) is 0.417. The van der Waals surface area contributed by atoms with Crippen LogP contribution in [0.5, 0.6) is 5.88 Å². The summed E-state index contributed by atoms with van der Waals surface area (Å²) in [6, 6.07) is 5.64. The lowest BCUT2D eigenvalue weighted by Crippen LogP contribution is -2.33. The average molecular weight is 467 g/mol. The molecule has 1 saturated carbocycles. The lowest BCUT2D eigenvalue weighted by Gasteiger charge is -2.29. The third-order valence-corrected chi connectivity index (χ3v) is 7.38. The summed E-state index contributed by atoms with van der Waals surface area (Å²) in [5, 5.41) is 21.8. The second-order valence-electron chi connectivity index (χ2n) is 8.76. The Morgan fingerprint density at radius 1 is 1.15 bits per heavy atom. The summed E-state index contributed by atoms with van der Waals surface area (Å²) in [7, 11) is 5.27. The van der Waals surface area contributed by atoms with Crippen molar-refractivity contribution in [1.29, 1.82) is 0 Å². The Morgan fingerprint density at radius 2 is 1.91 bits per heavy atom. The molecule has 3 heterocycles. The van der Waals surface area contributed by atoms with Gasteiger partial charge in [-0.3, -0.25) is 0 Å². The van der Waals surface area contributed by atoms with Crippen molar-refractivity contribution >= 4 is 22.5 Å². The lowest BCUT2D eigenvalue weighted by atomic mass is 9.86. The van der Waals surface area contributed by atoms with Crippen LogP contribution in [0.25, 0.3) is 10.9 Å². The number of halogens is 1. The first kappa shape index (κ1) is 21.9. The molecule has 1 fully saturated rings. The number of hydrogen-bond acceptors (Lipinski definition) is 6. The Bertz CT molecular complexity index is 1340. The molecule has 0 spiro atoms. The van der Waals surface area contributed by atoms with Crippen LogP contribution in [0.3, 0.4) is 0 Å². The van der Waals surface area contributed by atoms with Gasteiger partial charge in [0.2, 0.25) is 5.88 Å². The molecule has 3 aromatic heterocycles. The van der Waals surface area contributed by atoms with Crippen molar-refractivity contribution in [2.24, 2.45) is 14.1 Å². The highest BCUT2D eigenvalue weighted by molar-refractivity contribution is 6.36. The zero-order valence-electron chi connectivity index (χ0n) is 19.2. The fourth-order valence-electron chi connectivity index (χ4n) is 5.05. The van der Waals surface area contributed by atoms with Crippen molar-refractivity contribution in [3.8, 4) is 5.88 Å². The van der Waals surface area contributed by atoms with E-state index in [0.717, 1.165) is 29.6 Å². The number of hydrogen-bond donors (Lipinski definition) is 1. The topological polar surface area (TPSA) is 90.9 Å². The summed E-state index contributed by atoms with van der Waals surface area (Å²) in [5.74, 6) is 1.70. The molecule has 4 aromatic rings. The average Bonchev–Trinajstić information content (AvgIpc) is 3.56. The fourth-order valence-corrected chi connectivity index (χ4v) is 5.44. The second kappa shape index (κ2) is 8.11. The summed E-state index contributed by atoms with van der Waals surface area (Å²) < 4.78 is 9.07. The molecular formula is C24H27ClN6O2. The van der Waals surface area contributed by atoms with E-state index in [2.05, 4.69) is 15.3 Å². The molecule has 1 aliphatic carbocycles. The van der Waals surface area contributed by atoms with E-state index in [0.29, 0.717) is 39.3 Å². The van der Waals surface area contributed by atoms with E-state index in [4.69, 9.17) is 21.3 Å². The number of ether oxygens (including phenoxy) is 1. The Kier molecular flexibility index (Phi) is 5.37. The number of aromatic nitrogens is 6. The lowest BCUT2D eigenvalue weighted by molar-refractivity contribution is 0.108. The van der Waals surface area contributed by atoms with E-state index in [1.54, 1.807) is 31.2 Å². The molecule has 172 valence electrons. The Labute approximate surface area is 197 Å². The van der Waals surface area contributed by atoms with Gasteiger partial charge in [-0.05, 0) is 43.4 Å². The quantitative estimate of drug-likeness (QED) is 0.478. The molecule has 0 unspecified atom stereocenters. The highest BCUT2D eigenvalue weighted by atomic mass is 35.5. The Balaban J connectivity index is 1.77. The summed E-state index contributed by atoms with van der Waals surface area (Å²) in [6.45, 7) is 1.90. The zero-order chi connectivity index (χ0) is 23.3. The van der Waals surface area contributed by atoms with Crippen LogP contribution < -0.4 is 4.74 Å². The van der Waals surface area contributed by atoms with Crippen LogP contribution in [0.15, 0.2) is 30.6 Å². The number of rotatable bonds is 5. The maximum absolute atomic E-state index is 12.3. The van der Waals surface area contributed by atoms with E-state index in [1.807, 2.05) is 36.7 Å². The maximum atomic E-state index is 12.3. The molecule has 1 aromatic carbocycles. The number of methoxy groups -OCH3 is 1. The molecule has 0 saturated heterocycles. The van der Waals surface area contributed by atoms with Crippen molar-refractivity contribution < 1.29 is 9.84 Å².